The van der Waals surface area contributed by atoms with E-state index in [0.29, 0.717) is 0 Å². The number of nitrogens with zero attached hydrogens (tertiary/aromatic N) is 2. The number of rotatable bonds is 6. The molecule has 2 amide bonds. The zero-order valence-corrected chi connectivity index (χ0v) is 20.2. The number of hydrogen-bond donors (Lipinski definition) is 2. The van der Waals surface area contributed by atoms with Crippen LogP contribution in [0.25, 0.3) is 0 Å². The fourth-order valence-electron chi connectivity index (χ4n) is 3.39. The molecule has 0 spiro atoms. The Bertz CT molecular complexity index is 1180. The summed E-state index contributed by atoms with van der Waals surface area (Å²) in [6.45, 7) is 0.235. The van der Waals surface area contributed by atoms with Crippen LogP contribution in [-0.4, -0.2) is 61.8 Å². The molecular formula is C20H20Cl3FN4O4S. The Hall–Kier alpha value is -1.95. The van der Waals surface area contributed by atoms with Gasteiger partial charge in [0.1, 0.15) is 5.82 Å². The monoisotopic (exact) mass is 536 g/mol. The maximum absolute atomic E-state index is 13.6. The molecule has 3 N–H and O–H groups in total. The number of benzene rings is 2. The SMILES string of the molecule is NCCNC(=O)C1N(C(=O)c2ccc(Cl)c(Cl)c2)CCCN1S(=O)(=O)c1ccc(F)c(Cl)c1. The minimum absolute atomic E-state index is 0.0524. The van der Waals surface area contributed by atoms with Gasteiger partial charge in [0, 0.05) is 31.7 Å². The number of hydrogen-bond acceptors (Lipinski definition) is 5. The van der Waals surface area contributed by atoms with E-state index in [9.17, 15) is 22.4 Å². The van der Waals surface area contributed by atoms with Crippen molar-refractivity contribution in [1.29, 1.82) is 0 Å². The topological polar surface area (TPSA) is 113 Å². The summed E-state index contributed by atoms with van der Waals surface area (Å²) in [5.41, 5.74) is 5.59. The molecule has 8 nitrogen and oxygen atoms in total. The van der Waals surface area contributed by atoms with E-state index in [1.807, 2.05) is 0 Å². The van der Waals surface area contributed by atoms with Gasteiger partial charge in [-0.3, -0.25) is 9.59 Å². The maximum atomic E-state index is 13.6. The third-order valence-electron chi connectivity index (χ3n) is 4.95. The number of carbonyl (C=O) groups is 2. The molecule has 0 radical (unpaired) electrons. The van der Waals surface area contributed by atoms with Gasteiger partial charge in [0.15, 0.2) is 6.17 Å². The lowest BCUT2D eigenvalue weighted by Gasteiger charge is -2.41. The van der Waals surface area contributed by atoms with E-state index >= 15 is 0 Å². The zero-order valence-electron chi connectivity index (χ0n) is 17.1. The molecule has 0 aliphatic carbocycles. The Kier molecular flexibility index (Phi) is 8.20. The second-order valence-corrected chi connectivity index (χ2v) is 10.2. The molecule has 3 rings (SSSR count). The van der Waals surface area contributed by atoms with Gasteiger partial charge in [-0.1, -0.05) is 34.8 Å². The van der Waals surface area contributed by atoms with Gasteiger partial charge in [0.2, 0.25) is 10.0 Å². The molecule has 1 heterocycles. The third-order valence-corrected chi connectivity index (χ3v) is 7.83. The van der Waals surface area contributed by atoms with Crippen LogP contribution < -0.4 is 11.1 Å². The van der Waals surface area contributed by atoms with Crippen molar-refractivity contribution in [2.24, 2.45) is 5.73 Å². The molecule has 1 fully saturated rings. The van der Waals surface area contributed by atoms with Crippen LogP contribution in [0.5, 0.6) is 0 Å². The Morgan fingerprint density at radius 1 is 1.06 bits per heavy atom. The summed E-state index contributed by atoms with van der Waals surface area (Å²) >= 11 is 17.7. The molecule has 0 aromatic heterocycles. The maximum Gasteiger partial charge on any atom is 0.259 e. The molecule has 1 aliphatic rings. The lowest BCUT2D eigenvalue weighted by molar-refractivity contribution is -0.130. The van der Waals surface area contributed by atoms with Gasteiger partial charge in [-0.25, -0.2) is 12.8 Å². The molecule has 1 unspecified atom stereocenters. The van der Waals surface area contributed by atoms with Crippen molar-refractivity contribution in [2.45, 2.75) is 17.5 Å². The van der Waals surface area contributed by atoms with E-state index in [4.69, 9.17) is 40.5 Å². The summed E-state index contributed by atoms with van der Waals surface area (Å²) < 4.78 is 41.3. The number of nitrogens with one attached hydrogen (secondary N) is 1. The van der Waals surface area contributed by atoms with Crippen LogP contribution in [0.4, 0.5) is 4.39 Å². The third kappa shape index (κ3) is 5.42. The smallest absolute Gasteiger partial charge is 0.259 e. The molecule has 178 valence electrons. The summed E-state index contributed by atoms with van der Waals surface area (Å²) in [6, 6.07) is 7.12. The van der Waals surface area contributed by atoms with Crippen LogP contribution in [0.2, 0.25) is 15.1 Å². The minimum Gasteiger partial charge on any atom is -0.352 e. The Morgan fingerprint density at radius 2 is 1.79 bits per heavy atom. The van der Waals surface area contributed by atoms with Crippen LogP contribution in [0, 0.1) is 5.82 Å². The first kappa shape index (κ1) is 25.7. The number of amides is 2. The highest BCUT2D eigenvalue weighted by molar-refractivity contribution is 7.89. The Labute approximate surface area is 205 Å². The van der Waals surface area contributed by atoms with Gasteiger partial charge in [-0.05, 0) is 42.8 Å². The highest BCUT2D eigenvalue weighted by atomic mass is 35.5. The van der Waals surface area contributed by atoms with Crippen molar-refractivity contribution in [1.82, 2.24) is 14.5 Å². The fourth-order valence-corrected chi connectivity index (χ4v) is 5.55. The molecule has 2 aromatic carbocycles. The number of sulfonamides is 1. The summed E-state index contributed by atoms with van der Waals surface area (Å²) in [7, 11) is -4.33. The highest BCUT2D eigenvalue weighted by Gasteiger charge is 2.44. The van der Waals surface area contributed by atoms with Crippen molar-refractivity contribution in [3.8, 4) is 0 Å². The van der Waals surface area contributed by atoms with Crippen LogP contribution in [0.15, 0.2) is 41.3 Å². The molecule has 1 aliphatic heterocycles. The van der Waals surface area contributed by atoms with Gasteiger partial charge in [-0.15, -0.1) is 0 Å². The van der Waals surface area contributed by atoms with E-state index in [1.54, 1.807) is 0 Å². The van der Waals surface area contributed by atoms with Crippen molar-refractivity contribution in [3.05, 3.63) is 62.8 Å². The van der Waals surface area contributed by atoms with Gasteiger partial charge < -0.3 is 16.0 Å². The Morgan fingerprint density at radius 3 is 2.42 bits per heavy atom. The number of halogens is 4. The average molecular weight is 538 g/mol. The fraction of sp³-hybridized carbons (Fsp3) is 0.300. The molecule has 2 aromatic rings. The van der Waals surface area contributed by atoms with E-state index in [2.05, 4.69) is 5.32 Å². The summed E-state index contributed by atoms with van der Waals surface area (Å²) in [5.74, 6) is -2.13. The second kappa shape index (κ2) is 10.5. The zero-order chi connectivity index (χ0) is 24.3. The van der Waals surface area contributed by atoms with E-state index in [0.717, 1.165) is 27.4 Å². The first-order valence-electron chi connectivity index (χ1n) is 9.78. The molecule has 33 heavy (non-hydrogen) atoms. The van der Waals surface area contributed by atoms with Gasteiger partial charge in [0.05, 0.1) is 20.0 Å². The Balaban J connectivity index is 2.05. The standard InChI is InChI=1S/C20H20Cl3FN4O4S/c21-14-4-2-12(10-15(14)22)20(30)27-8-1-9-28(19(27)18(29)26-7-6-25)33(31,32)13-3-5-17(24)16(23)11-13/h2-5,10-11,19H,1,6-9,25H2,(H,26,29). The van der Waals surface area contributed by atoms with Gasteiger partial charge in [0.25, 0.3) is 11.8 Å². The predicted octanol–water partition coefficient (Wildman–Crippen LogP) is 2.72. The van der Waals surface area contributed by atoms with E-state index < -0.39 is 33.8 Å². The van der Waals surface area contributed by atoms with Gasteiger partial charge in [-0.2, -0.15) is 4.31 Å². The molecule has 0 bridgehead atoms. The van der Waals surface area contributed by atoms with Crippen molar-refractivity contribution < 1.29 is 22.4 Å². The van der Waals surface area contributed by atoms with Gasteiger partial charge >= 0.3 is 0 Å². The number of carbonyl (C=O) groups excluding carboxylic acids is 2. The van der Waals surface area contributed by atoms with Crippen molar-refractivity contribution in [2.75, 3.05) is 26.2 Å². The van der Waals surface area contributed by atoms with E-state index in [1.165, 1.54) is 18.2 Å². The average Bonchev–Trinajstić information content (AvgIpc) is 2.79. The molecule has 1 atom stereocenters. The highest BCUT2D eigenvalue weighted by Crippen LogP contribution is 2.29. The first-order valence-corrected chi connectivity index (χ1v) is 12.4. The van der Waals surface area contributed by atoms with Crippen molar-refractivity contribution >= 4 is 56.6 Å². The predicted molar refractivity (Wildman–Crippen MR) is 123 cm³/mol. The molecular weight excluding hydrogens is 518 g/mol. The summed E-state index contributed by atoms with van der Waals surface area (Å²) in [5, 5.41) is 2.52. The quantitative estimate of drug-likeness (QED) is 0.588. The number of nitrogens with two attached hydrogens (primary N) is 1. The largest absolute Gasteiger partial charge is 0.352 e. The second-order valence-electron chi connectivity index (χ2n) is 7.13. The molecule has 0 saturated carbocycles. The minimum atomic E-state index is -4.33. The van der Waals surface area contributed by atoms with Crippen LogP contribution in [0.3, 0.4) is 0 Å². The summed E-state index contributed by atoms with van der Waals surface area (Å²) in [4.78, 5) is 27.1. The lowest BCUT2D eigenvalue weighted by atomic mass is 10.1. The van der Waals surface area contributed by atoms with Crippen LogP contribution in [-0.2, 0) is 14.8 Å². The molecule has 13 heteroatoms. The first-order chi connectivity index (χ1) is 15.6. The van der Waals surface area contributed by atoms with E-state index in [-0.39, 0.29) is 58.1 Å². The van der Waals surface area contributed by atoms with Crippen LogP contribution >= 0.6 is 34.8 Å². The van der Waals surface area contributed by atoms with Crippen molar-refractivity contribution in [3.63, 3.8) is 0 Å². The van der Waals surface area contributed by atoms with Crippen LogP contribution in [0.1, 0.15) is 16.8 Å². The molecule has 1 saturated heterocycles. The normalized spacial score (nSPS) is 17.1. The lowest BCUT2D eigenvalue weighted by Crippen LogP contribution is -2.63. The summed E-state index contributed by atoms with van der Waals surface area (Å²) in [6.07, 6.45) is -1.26.